The van der Waals surface area contributed by atoms with Crippen LogP contribution < -0.4 is 5.32 Å². The van der Waals surface area contributed by atoms with Crippen molar-refractivity contribution >= 4 is 35.1 Å². The van der Waals surface area contributed by atoms with Crippen molar-refractivity contribution in [3.63, 3.8) is 0 Å². The molecule has 1 atom stereocenters. The second-order valence-electron chi connectivity index (χ2n) is 4.80. The molecular weight excluding hydrogens is 334 g/mol. The molecule has 0 heterocycles. The van der Waals surface area contributed by atoms with Crippen LogP contribution in [0.5, 0.6) is 0 Å². The average Bonchev–Trinajstić information content (AvgIpc) is 2.57. The molecule has 0 spiro atoms. The van der Waals surface area contributed by atoms with E-state index in [0.717, 1.165) is 0 Å². The molecule has 2 rings (SSSR count). The minimum Gasteiger partial charge on any atom is -0.383 e. The monoisotopic (exact) mass is 347 g/mol. The van der Waals surface area contributed by atoms with E-state index in [1.165, 1.54) is 31.3 Å². The van der Waals surface area contributed by atoms with Crippen molar-refractivity contribution in [2.24, 2.45) is 5.16 Å². The van der Waals surface area contributed by atoms with E-state index in [0.29, 0.717) is 16.3 Å². The van der Waals surface area contributed by atoms with Crippen LogP contribution in [0, 0.1) is 10.1 Å². The maximum Gasteiger partial charge on any atom is 0.270 e. The summed E-state index contributed by atoms with van der Waals surface area (Å²) in [6, 6.07) is 12.7. The van der Waals surface area contributed by atoms with Crippen molar-refractivity contribution in [3.05, 3.63) is 69.2 Å². The fourth-order valence-corrected chi connectivity index (χ4v) is 1.93. The Bertz CT molecular complexity index is 779. The second-order valence-corrected chi connectivity index (χ2v) is 5.21. The number of anilines is 1. The summed E-state index contributed by atoms with van der Waals surface area (Å²) in [5, 5.41) is 17.4. The van der Waals surface area contributed by atoms with Gasteiger partial charge in [0.25, 0.3) is 11.6 Å². The van der Waals surface area contributed by atoms with Crippen LogP contribution in [0.2, 0.25) is 5.02 Å². The van der Waals surface area contributed by atoms with Crippen molar-refractivity contribution in [2.75, 3.05) is 5.32 Å². The highest BCUT2D eigenvalue weighted by Crippen LogP contribution is 2.20. The Kier molecular flexibility index (Phi) is 5.86. The molecule has 0 aliphatic carbocycles. The molecule has 2 aromatic rings. The van der Waals surface area contributed by atoms with E-state index in [1.807, 2.05) is 0 Å². The van der Waals surface area contributed by atoms with Gasteiger partial charge < -0.3 is 10.2 Å². The minimum atomic E-state index is -0.865. The summed E-state index contributed by atoms with van der Waals surface area (Å²) in [5.41, 5.74) is 0.911. The number of carbonyl (C=O) groups excluding carboxylic acids is 1. The van der Waals surface area contributed by atoms with Gasteiger partial charge in [-0.25, -0.2) is 0 Å². The van der Waals surface area contributed by atoms with Gasteiger partial charge in [-0.05, 0) is 19.1 Å². The third kappa shape index (κ3) is 4.79. The Morgan fingerprint density at radius 1 is 1.33 bits per heavy atom. The highest BCUT2D eigenvalue weighted by Gasteiger charge is 2.15. The van der Waals surface area contributed by atoms with Crippen LogP contribution in [0.3, 0.4) is 0 Å². The molecule has 0 radical (unpaired) electrons. The van der Waals surface area contributed by atoms with E-state index < -0.39 is 16.9 Å². The number of nitro benzene ring substituents is 1. The zero-order valence-electron chi connectivity index (χ0n) is 12.7. The van der Waals surface area contributed by atoms with Crippen molar-refractivity contribution < 1.29 is 14.6 Å². The predicted octanol–water partition coefficient (Wildman–Crippen LogP) is 3.63. The molecule has 8 heteroatoms. The molecule has 0 aromatic heterocycles. The van der Waals surface area contributed by atoms with Gasteiger partial charge in [0.2, 0.25) is 6.10 Å². The highest BCUT2D eigenvalue weighted by molar-refractivity contribution is 6.33. The van der Waals surface area contributed by atoms with Crippen LogP contribution in [-0.2, 0) is 9.63 Å². The fourth-order valence-electron chi connectivity index (χ4n) is 1.75. The third-order valence-electron chi connectivity index (χ3n) is 3.00. The number of nitrogens with zero attached hydrogens (tertiary/aromatic N) is 2. The largest absolute Gasteiger partial charge is 0.383 e. The zero-order valence-corrected chi connectivity index (χ0v) is 13.4. The van der Waals surface area contributed by atoms with Gasteiger partial charge in [-0.15, -0.1) is 0 Å². The lowest BCUT2D eigenvalue weighted by molar-refractivity contribution is -0.384. The van der Waals surface area contributed by atoms with Gasteiger partial charge >= 0.3 is 0 Å². The number of carbonyl (C=O) groups is 1. The van der Waals surface area contributed by atoms with E-state index in [9.17, 15) is 14.9 Å². The zero-order chi connectivity index (χ0) is 17.5. The minimum absolute atomic E-state index is 0.0524. The molecule has 0 saturated carbocycles. The van der Waals surface area contributed by atoms with Crippen molar-refractivity contribution in [2.45, 2.75) is 13.0 Å². The number of hydrogen-bond donors (Lipinski definition) is 1. The molecule has 2 aromatic carbocycles. The summed E-state index contributed by atoms with van der Waals surface area (Å²) in [5.74, 6) is -0.417. The first-order valence-electron chi connectivity index (χ1n) is 6.96. The molecule has 1 amide bonds. The number of amides is 1. The first-order valence-corrected chi connectivity index (χ1v) is 7.34. The van der Waals surface area contributed by atoms with Crippen LogP contribution in [0.25, 0.3) is 0 Å². The van der Waals surface area contributed by atoms with E-state index in [2.05, 4.69) is 10.5 Å². The summed E-state index contributed by atoms with van der Waals surface area (Å²) in [6.45, 7) is 1.52. The van der Waals surface area contributed by atoms with Crippen molar-refractivity contribution in [3.8, 4) is 0 Å². The number of halogens is 1. The van der Waals surface area contributed by atoms with Gasteiger partial charge in [0.05, 0.1) is 21.8 Å². The average molecular weight is 348 g/mol. The molecule has 0 fully saturated rings. The number of benzene rings is 2. The van der Waals surface area contributed by atoms with Crippen molar-refractivity contribution in [1.82, 2.24) is 0 Å². The Morgan fingerprint density at radius 2 is 2.08 bits per heavy atom. The van der Waals surface area contributed by atoms with Gasteiger partial charge in [-0.3, -0.25) is 14.9 Å². The van der Waals surface area contributed by atoms with Crippen LogP contribution in [0.4, 0.5) is 11.4 Å². The molecule has 0 aliphatic heterocycles. The predicted molar refractivity (Wildman–Crippen MR) is 91.3 cm³/mol. The van der Waals surface area contributed by atoms with Crippen LogP contribution >= 0.6 is 11.6 Å². The van der Waals surface area contributed by atoms with Crippen LogP contribution in [0.1, 0.15) is 12.5 Å². The molecule has 124 valence electrons. The maximum absolute atomic E-state index is 12.0. The summed E-state index contributed by atoms with van der Waals surface area (Å²) < 4.78 is 0. The van der Waals surface area contributed by atoms with E-state index in [4.69, 9.17) is 16.4 Å². The first kappa shape index (κ1) is 17.4. The summed E-state index contributed by atoms with van der Waals surface area (Å²) in [7, 11) is 0. The summed E-state index contributed by atoms with van der Waals surface area (Å²) in [4.78, 5) is 27.2. The highest BCUT2D eigenvalue weighted by atomic mass is 35.5. The number of oxime groups is 1. The summed E-state index contributed by atoms with van der Waals surface area (Å²) >= 11 is 5.96. The number of nitrogens with one attached hydrogen (secondary N) is 1. The lowest BCUT2D eigenvalue weighted by atomic mass is 10.2. The smallest absolute Gasteiger partial charge is 0.270 e. The number of nitro groups is 1. The number of rotatable bonds is 6. The molecular formula is C16H14ClN3O4. The molecule has 0 saturated heterocycles. The fraction of sp³-hybridized carbons (Fsp3) is 0.125. The van der Waals surface area contributed by atoms with Crippen LogP contribution in [-0.4, -0.2) is 23.1 Å². The molecule has 0 aliphatic rings. The standard InChI is InChI=1S/C16H14ClN3O4/c1-11(16(21)19-15-8-3-2-7-14(15)17)24-18-10-12-5-4-6-13(9-12)20(22)23/h2-11H,1H3,(H,19,21)/b18-10+. The Morgan fingerprint density at radius 3 is 2.79 bits per heavy atom. The number of non-ortho nitro benzene ring substituents is 1. The van der Waals surface area contributed by atoms with E-state index >= 15 is 0 Å². The summed E-state index contributed by atoms with van der Waals surface area (Å²) in [6.07, 6.45) is 0.433. The van der Waals surface area contributed by atoms with E-state index in [-0.39, 0.29) is 5.69 Å². The molecule has 7 nitrogen and oxygen atoms in total. The SMILES string of the molecule is CC(O/N=C/c1cccc([N+](=O)[O-])c1)C(=O)Nc1ccccc1Cl. The van der Waals surface area contributed by atoms with Gasteiger partial charge in [0, 0.05) is 17.7 Å². The molecule has 1 N–H and O–H groups in total. The second kappa shape index (κ2) is 8.07. The van der Waals surface area contributed by atoms with Crippen LogP contribution in [0.15, 0.2) is 53.7 Å². The van der Waals surface area contributed by atoms with Gasteiger partial charge in [-0.1, -0.05) is 41.0 Å². The topological polar surface area (TPSA) is 93.8 Å². The maximum atomic E-state index is 12.0. The number of hydrogen-bond acceptors (Lipinski definition) is 5. The van der Waals surface area contributed by atoms with Gasteiger partial charge in [0.1, 0.15) is 0 Å². The quantitative estimate of drug-likeness (QED) is 0.490. The lowest BCUT2D eigenvalue weighted by Gasteiger charge is -2.11. The first-order chi connectivity index (χ1) is 11.5. The molecule has 1 unspecified atom stereocenters. The lowest BCUT2D eigenvalue weighted by Crippen LogP contribution is -2.26. The van der Waals surface area contributed by atoms with Gasteiger partial charge in [0.15, 0.2) is 0 Å². The molecule has 0 bridgehead atoms. The Labute approximate surface area is 143 Å². The van der Waals surface area contributed by atoms with Gasteiger partial charge in [-0.2, -0.15) is 0 Å². The number of para-hydroxylation sites is 1. The third-order valence-corrected chi connectivity index (χ3v) is 3.33. The van der Waals surface area contributed by atoms with E-state index in [1.54, 1.807) is 30.3 Å². The Hall–Kier alpha value is -2.93. The molecule has 24 heavy (non-hydrogen) atoms. The Balaban J connectivity index is 1.93. The normalized spacial score (nSPS) is 11.9. The van der Waals surface area contributed by atoms with Crippen molar-refractivity contribution in [1.29, 1.82) is 0 Å².